The summed E-state index contributed by atoms with van der Waals surface area (Å²) in [6, 6.07) is 0. The lowest BCUT2D eigenvalue weighted by molar-refractivity contribution is -0.491. The predicted molar refractivity (Wildman–Crippen MR) is 59.2 cm³/mol. The van der Waals surface area contributed by atoms with Crippen LogP contribution in [0.3, 0.4) is 0 Å². The maximum atomic E-state index is 11.7. The van der Waals surface area contributed by atoms with E-state index in [1.165, 1.54) is 0 Å². The molecular formula is C11H21NO3. The van der Waals surface area contributed by atoms with E-state index in [1.807, 2.05) is 27.7 Å². The second kappa shape index (κ2) is 5.83. The molecule has 0 aliphatic carbocycles. The zero-order valence-electron chi connectivity index (χ0n) is 10.2. The van der Waals surface area contributed by atoms with Crippen molar-refractivity contribution < 1.29 is 9.72 Å². The lowest BCUT2D eigenvalue weighted by atomic mass is 9.79. The maximum Gasteiger partial charge on any atom is 0.207 e. The highest BCUT2D eigenvalue weighted by molar-refractivity contribution is 5.82. The number of hydrogen-bond acceptors (Lipinski definition) is 3. The summed E-state index contributed by atoms with van der Waals surface area (Å²) >= 11 is 0. The lowest BCUT2D eigenvalue weighted by Crippen LogP contribution is -2.33. The Morgan fingerprint density at radius 2 is 1.67 bits per heavy atom. The van der Waals surface area contributed by atoms with E-state index in [9.17, 15) is 14.9 Å². The van der Waals surface area contributed by atoms with E-state index in [2.05, 4.69) is 0 Å². The fourth-order valence-electron chi connectivity index (χ4n) is 1.86. The van der Waals surface area contributed by atoms with Crippen molar-refractivity contribution in [2.75, 3.05) is 6.54 Å². The molecule has 0 rings (SSSR count). The molecule has 0 radical (unpaired) electrons. The fraction of sp³-hybridized carbons (Fsp3) is 0.909. The molecule has 0 aliphatic rings. The first-order valence-electron chi connectivity index (χ1n) is 5.42. The van der Waals surface area contributed by atoms with Gasteiger partial charge in [-0.1, -0.05) is 34.6 Å². The minimum absolute atomic E-state index is 0.0481. The van der Waals surface area contributed by atoms with Crippen molar-refractivity contribution in [1.82, 2.24) is 0 Å². The van der Waals surface area contributed by atoms with Crippen LogP contribution < -0.4 is 0 Å². The van der Waals surface area contributed by atoms with Crippen molar-refractivity contribution in [1.29, 1.82) is 0 Å². The predicted octanol–water partition coefficient (Wildman–Crippen LogP) is 2.40. The highest BCUT2D eigenvalue weighted by Crippen LogP contribution is 2.24. The van der Waals surface area contributed by atoms with Gasteiger partial charge in [-0.05, 0) is 5.92 Å². The lowest BCUT2D eigenvalue weighted by Gasteiger charge is -2.24. The first-order chi connectivity index (χ1) is 6.77. The molecule has 4 heteroatoms. The molecule has 0 saturated heterocycles. The van der Waals surface area contributed by atoms with Crippen LogP contribution in [0, 0.1) is 33.8 Å². The van der Waals surface area contributed by atoms with Crippen molar-refractivity contribution in [3.05, 3.63) is 10.1 Å². The molecule has 15 heavy (non-hydrogen) atoms. The summed E-state index contributed by atoms with van der Waals surface area (Å²) in [4.78, 5) is 21.9. The van der Waals surface area contributed by atoms with Crippen LogP contribution in [-0.2, 0) is 4.79 Å². The minimum atomic E-state index is -0.325. The van der Waals surface area contributed by atoms with E-state index < -0.39 is 0 Å². The third kappa shape index (κ3) is 4.40. The van der Waals surface area contributed by atoms with Crippen molar-refractivity contribution in [2.24, 2.45) is 23.7 Å². The summed E-state index contributed by atoms with van der Waals surface area (Å²) in [5.41, 5.74) is 0. The van der Waals surface area contributed by atoms with Gasteiger partial charge in [0.2, 0.25) is 6.54 Å². The number of Topliss-reactive ketones (excluding diaryl/α,β-unsaturated/α-hetero) is 1. The Labute approximate surface area is 91.2 Å². The number of carbonyl (C=O) groups is 1. The molecule has 0 aromatic heterocycles. The molecule has 0 bridgehead atoms. The van der Waals surface area contributed by atoms with Gasteiger partial charge in [0.15, 0.2) is 0 Å². The number of carbonyl (C=O) groups excluding carboxylic acids is 1. The molecule has 0 fully saturated rings. The minimum Gasteiger partial charge on any atom is -0.299 e. The Kier molecular flexibility index (Phi) is 5.47. The number of nitrogens with zero attached hydrogens (tertiary/aromatic N) is 1. The summed E-state index contributed by atoms with van der Waals surface area (Å²) in [7, 11) is 0. The van der Waals surface area contributed by atoms with Crippen molar-refractivity contribution in [2.45, 2.75) is 34.6 Å². The number of ketones is 1. The summed E-state index contributed by atoms with van der Waals surface area (Å²) in [6.07, 6.45) is 0. The van der Waals surface area contributed by atoms with Crippen molar-refractivity contribution in [3.63, 3.8) is 0 Å². The molecule has 0 aromatic rings. The molecule has 4 nitrogen and oxygen atoms in total. The van der Waals surface area contributed by atoms with E-state index in [-0.39, 0.29) is 40.9 Å². The average Bonchev–Trinajstić information content (AvgIpc) is 2.10. The topological polar surface area (TPSA) is 60.2 Å². The van der Waals surface area contributed by atoms with Gasteiger partial charge in [-0.25, -0.2) is 0 Å². The molecule has 0 heterocycles. The van der Waals surface area contributed by atoms with Gasteiger partial charge >= 0.3 is 0 Å². The molecule has 0 N–H and O–H groups in total. The molecule has 0 spiro atoms. The van der Waals surface area contributed by atoms with Crippen LogP contribution in [-0.4, -0.2) is 17.3 Å². The van der Waals surface area contributed by atoms with Gasteiger partial charge in [0.25, 0.3) is 0 Å². The van der Waals surface area contributed by atoms with Crippen LogP contribution in [0.25, 0.3) is 0 Å². The van der Waals surface area contributed by atoms with Crippen LogP contribution in [0.4, 0.5) is 0 Å². The second-order valence-corrected chi connectivity index (χ2v) is 4.77. The second-order valence-electron chi connectivity index (χ2n) is 4.77. The van der Waals surface area contributed by atoms with Gasteiger partial charge in [0.1, 0.15) is 5.78 Å². The van der Waals surface area contributed by atoms with E-state index in [0.717, 1.165) is 0 Å². The first kappa shape index (κ1) is 14.1. The Balaban J connectivity index is 4.62. The van der Waals surface area contributed by atoms with E-state index in [0.29, 0.717) is 0 Å². The molecule has 0 amide bonds. The van der Waals surface area contributed by atoms with Gasteiger partial charge in [-0.3, -0.25) is 14.9 Å². The summed E-state index contributed by atoms with van der Waals surface area (Å²) < 4.78 is 0. The van der Waals surface area contributed by atoms with Crippen LogP contribution in [0.15, 0.2) is 0 Å². The molecule has 2 atom stereocenters. The van der Waals surface area contributed by atoms with Gasteiger partial charge < -0.3 is 0 Å². The monoisotopic (exact) mass is 215 g/mol. The Bertz CT molecular complexity index is 236. The average molecular weight is 215 g/mol. The SMILES string of the molecule is CC(C)C(=O)C(C)C(C[N+](=O)[O-])C(C)C. The van der Waals surface area contributed by atoms with Gasteiger partial charge in [-0.15, -0.1) is 0 Å². The van der Waals surface area contributed by atoms with Crippen LogP contribution in [0.2, 0.25) is 0 Å². The summed E-state index contributed by atoms with van der Waals surface area (Å²) in [5, 5.41) is 10.5. The number of nitro groups is 1. The first-order valence-corrected chi connectivity index (χ1v) is 5.42. The summed E-state index contributed by atoms with van der Waals surface area (Å²) in [5.74, 6) is -0.151. The zero-order chi connectivity index (χ0) is 12.2. The normalized spacial score (nSPS) is 15.4. The van der Waals surface area contributed by atoms with Crippen LogP contribution >= 0.6 is 0 Å². The molecule has 0 aliphatic heterocycles. The van der Waals surface area contributed by atoms with Crippen molar-refractivity contribution in [3.8, 4) is 0 Å². The maximum absolute atomic E-state index is 11.7. The fourth-order valence-corrected chi connectivity index (χ4v) is 1.86. The van der Waals surface area contributed by atoms with Gasteiger partial charge in [0.05, 0.1) is 0 Å². The Morgan fingerprint density at radius 3 is 1.93 bits per heavy atom. The third-order valence-electron chi connectivity index (χ3n) is 2.88. The zero-order valence-corrected chi connectivity index (χ0v) is 10.2. The highest BCUT2D eigenvalue weighted by Gasteiger charge is 2.31. The number of rotatable bonds is 6. The standard InChI is InChI=1S/C11H21NO3/c1-7(2)10(6-12(14)15)9(5)11(13)8(3)4/h7-10H,6H2,1-5H3. The smallest absolute Gasteiger partial charge is 0.207 e. The molecule has 88 valence electrons. The van der Waals surface area contributed by atoms with E-state index in [1.54, 1.807) is 6.92 Å². The van der Waals surface area contributed by atoms with Crippen LogP contribution in [0.5, 0.6) is 0 Å². The largest absolute Gasteiger partial charge is 0.299 e. The van der Waals surface area contributed by atoms with E-state index in [4.69, 9.17) is 0 Å². The third-order valence-corrected chi connectivity index (χ3v) is 2.88. The highest BCUT2D eigenvalue weighted by atomic mass is 16.6. The van der Waals surface area contributed by atoms with Crippen molar-refractivity contribution >= 4 is 5.78 Å². The van der Waals surface area contributed by atoms with Gasteiger partial charge in [-0.2, -0.15) is 0 Å². The molecule has 0 aromatic carbocycles. The Hall–Kier alpha value is -0.930. The Morgan fingerprint density at radius 1 is 1.20 bits per heavy atom. The molecule has 0 saturated carbocycles. The quantitative estimate of drug-likeness (QED) is 0.505. The van der Waals surface area contributed by atoms with Gasteiger partial charge in [0, 0.05) is 22.7 Å². The number of hydrogen-bond donors (Lipinski definition) is 0. The van der Waals surface area contributed by atoms with E-state index >= 15 is 0 Å². The van der Waals surface area contributed by atoms with Crippen LogP contribution in [0.1, 0.15) is 34.6 Å². The summed E-state index contributed by atoms with van der Waals surface area (Å²) in [6.45, 7) is 9.22. The molecule has 2 unspecified atom stereocenters. The molecular weight excluding hydrogens is 194 g/mol.